The fourth-order valence-electron chi connectivity index (χ4n) is 1.78. The summed E-state index contributed by atoms with van der Waals surface area (Å²) in [6.07, 6.45) is 1.46. The van der Waals surface area contributed by atoms with Crippen LogP contribution < -0.4 is 10.5 Å². The van der Waals surface area contributed by atoms with Gasteiger partial charge in [-0.3, -0.25) is 4.79 Å². The van der Waals surface area contributed by atoms with Crippen molar-refractivity contribution >= 4 is 29.1 Å². The van der Waals surface area contributed by atoms with Crippen LogP contribution in [0.2, 0.25) is 5.02 Å². The van der Waals surface area contributed by atoms with E-state index in [0.717, 1.165) is 5.56 Å². The van der Waals surface area contributed by atoms with Crippen molar-refractivity contribution in [2.75, 3.05) is 11.9 Å². The second kappa shape index (κ2) is 6.91. The minimum atomic E-state index is -2.43. The summed E-state index contributed by atoms with van der Waals surface area (Å²) in [6, 6.07) is 6.79. The number of thioether (sulfide) groups is 1. The molecule has 2 aromatic rings. The molecule has 1 aromatic heterocycles. The number of rotatable bonds is 5. The summed E-state index contributed by atoms with van der Waals surface area (Å²) in [7, 11) is 1.77. The molecule has 112 valence electrons. The lowest BCUT2D eigenvalue weighted by Crippen LogP contribution is -2.21. The number of nitrogens with one attached hydrogen (secondary N) is 1. The highest BCUT2D eigenvalue weighted by Crippen LogP contribution is 2.26. The van der Waals surface area contributed by atoms with Crippen LogP contribution in [0, 0.1) is 0 Å². The van der Waals surface area contributed by atoms with Crippen molar-refractivity contribution < 1.29 is 8.78 Å². The Kier molecular flexibility index (Phi) is 5.19. The predicted octanol–water partition coefficient (Wildman–Crippen LogP) is 3.37. The second-order valence-electron chi connectivity index (χ2n) is 4.28. The van der Waals surface area contributed by atoms with Crippen molar-refractivity contribution in [2.45, 2.75) is 17.2 Å². The van der Waals surface area contributed by atoms with Gasteiger partial charge in [-0.05, 0) is 17.7 Å². The van der Waals surface area contributed by atoms with Gasteiger partial charge in [0.15, 0.2) is 0 Å². The van der Waals surface area contributed by atoms with Gasteiger partial charge in [-0.15, -0.1) is 0 Å². The molecular weight excluding hydrogens is 320 g/mol. The van der Waals surface area contributed by atoms with Crippen LogP contribution in [0.25, 0.3) is 0 Å². The average molecular weight is 332 g/mol. The van der Waals surface area contributed by atoms with Crippen LogP contribution >= 0.6 is 23.4 Å². The highest BCUT2D eigenvalue weighted by molar-refractivity contribution is 7.99. The standard InChI is InChI=1S/C13H12ClF2N3OS/c1-19(10-6-17-18-12(20)11(10)14)7-8-2-4-9(5-3-8)21-13(15)16/h2-6,13H,7H2,1H3,(H,18,20). The molecule has 0 aliphatic carbocycles. The number of nitrogens with zero attached hydrogens (tertiary/aromatic N) is 2. The van der Waals surface area contributed by atoms with Crippen molar-refractivity contribution in [3.63, 3.8) is 0 Å². The van der Waals surface area contributed by atoms with Gasteiger partial charge >= 0.3 is 0 Å². The van der Waals surface area contributed by atoms with Crippen molar-refractivity contribution in [3.05, 3.63) is 51.4 Å². The highest BCUT2D eigenvalue weighted by Gasteiger charge is 2.11. The molecule has 0 saturated heterocycles. The van der Waals surface area contributed by atoms with E-state index in [2.05, 4.69) is 10.2 Å². The maximum absolute atomic E-state index is 12.2. The van der Waals surface area contributed by atoms with Gasteiger partial charge in [0.05, 0.1) is 11.9 Å². The lowest BCUT2D eigenvalue weighted by atomic mass is 10.2. The molecule has 2 rings (SSSR count). The first-order valence-corrected chi connectivity index (χ1v) is 7.21. The molecule has 0 unspecified atom stereocenters. The number of hydrogen-bond acceptors (Lipinski definition) is 4. The SMILES string of the molecule is CN(Cc1ccc(SC(F)F)cc1)c1cn[nH]c(=O)c1Cl. The van der Waals surface area contributed by atoms with E-state index in [4.69, 9.17) is 11.6 Å². The van der Waals surface area contributed by atoms with Crippen LogP contribution in [-0.4, -0.2) is 23.0 Å². The van der Waals surface area contributed by atoms with Gasteiger partial charge in [-0.1, -0.05) is 35.5 Å². The maximum Gasteiger partial charge on any atom is 0.288 e. The van der Waals surface area contributed by atoms with Gasteiger partial charge in [0.1, 0.15) is 5.02 Å². The van der Waals surface area contributed by atoms with Crippen molar-refractivity contribution in [3.8, 4) is 0 Å². The van der Waals surface area contributed by atoms with Gasteiger partial charge in [-0.25, -0.2) is 5.10 Å². The third-order valence-electron chi connectivity index (χ3n) is 2.76. The molecule has 21 heavy (non-hydrogen) atoms. The van der Waals surface area contributed by atoms with E-state index in [0.29, 0.717) is 28.9 Å². The zero-order valence-corrected chi connectivity index (χ0v) is 12.6. The molecular formula is C13H12ClF2N3OS. The van der Waals surface area contributed by atoms with Crippen LogP contribution in [0.1, 0.15) is 5.56 Å². The number of halogens is 3. The molecule has 0 amide bonds. The Morgan fingerprint density at radius 1 is 1.38 bits per heavy atom. The zero-order chi connectivity index (χ0) is 15.4. The lowest BCUT2D eigenvalue weighted by molar-refractivity contribution is 0.252. The van der Waals surface area contributed by atoms with E-state index < -0.39 is 11.3 Å². The Morgan fingerprint density at radius 2 is 2.05 bits per heavy atom. The van der Waals surface area contributed by atoms with Crippen LogP contribution in [0.3, 0.4) is 0 Å². The Bertz CT molecular complexity index is 663. The average Bonchev–Trinajstić information content (AvgIpc) is 2.43. The number of anilines is 1. The topological polar surface area (TPSA) is 49.0 Å². The number of aromatic amines is 1. The normalized spacial score (nSPS) is 10.9. The summed E-state index contributed by atoms with van der Waals surface area (Å²) in [5.41, 5.74) is 0.962. The molecule has 0 fully saturated rings. The fourth-order valence-corrected chi connectivity index (χ4v) is 2.51. The number of H-pyrrole nitrogens is 1. The van der Waals surface area contributed by atoms with Gasteiger partial charge in [0.2, 0.25) is 0 Å². The van der Waals surface area contributed by atoms with Crippen molar-refractivity contribution in [1.82, 2.24) is 10.2 Å². The van der Waals surface area contributed by atoms with E-state index >= 15 is 0 Å². The van der Waals surface area contributed by atoms with E-state index in [1.807, 2.05) is 0 Å². The first kappa shape index (κ1) is 15.8. The summed E-state index contributed by atoms with van der Waals surface area (Å²) < 4.78 is 24.5. The molecule has 0 bridgehead atoms. The van der Waals surface area contributed by atoms with E-state index in [1.165, 1.54) is 6.20 Å². The predicted molar refractivity (Wildman–Crippen MR) is 80.3 cm³/mol. The number of hydrogen-bond donors (Lipinski definition) is 1. The molecule has 0 aliphatic rings. The van der Waals surface area contributed by atoms with Crippen molar-refractivity contribution in [2.24, 2.45) is 0 Å². The minimum Gasteiger partial charge on any atom is -0.368 e. The first-order valence-electron chi connectivity index (χ1n) is 5.95. The minimum absolute atomic E-state index is 0.0670. The smallest absolute Gasteiger partial charge is 0.288 e. The molecule has 8 heteroatoms. The summed E-state index contributed by atoms with van der Waals surface area (Å²) >= 11 is 6.43. The van der Waals surface area contributed by atoms with Crippen molar-refractivity contribution in [1.29, 1.82) is 0 Å². The Hall–Kier alpha value is -1.60. The highest BCUT2D eigenvalue weighted by atomic mass is 35.5. The molecule has 0 radical (unpaired) electrons. The molecule has 0 aliphatic heterocycles. The monoisotopic (exact) mass is 331 g/mol. The third-order valence-corrected chi connectivity index (χ3v) is 3.84. The van der Waals surface area contributed by atoms with Crippen LogP contribution in [0.5, 0.6) is 0 Å². The lowest BCUT2D eigenvalue weighted by Gasteiger charge is -2.19. The van der Waals surface area contributed by atoms with Gasteiger partial charge in [-0.2, -0.15) is 13.9 Å². The Balaban J connectivity index is 2.10. The Morgan fingerprint density at radius 3 is 2.67 bits per heavy atom. The van der Waals surface area contributed by atoms with E-state index in [-0.39, 0.29) is 5.02 Å². The number of benzene rings is 1. The van der Waals surface area contributed by atoms with Crippen LogP contribution in [0.4, 0.5) is 14.5 Å². The van der Waals surface area contributed by atoms with Crippen LogP contribution in [0.15, 0.2) is 40.2 Å². The Labute approximate surface area is 129 Å². The molecule has 0 atom stereocenters. The largest absolute Gasteiger partial charge is 0.368 e. The third kappa shape index (κ3) is 4.18. The summed E-state index contributed by atoms with van der Waals surface area (Å²) in [6.45, 7) is 0.477. The zero-order valence-electron chi connectivity index (χ0n) is 11.0. The summed E-state index contributed by atoms with van der Waals surface area (Å²) in [5.74, 6) is -2.43. The summed E-state index contributed by atoms with van der Waals surface area (Å²) in [5, 5.41) is 6.02. The molecule has 4 nitrogen and oxygen atoms in total. The van der Waals surface area contributed by atoms with E-state index in [9.17, 15) is 13.6 Å². The fraction of sp³-hybridized carbons (Fsp3) is 0.231. The first-order chi connectivity index (χ1) is 9.97. The molecule has 1 N–H and O–H groups in total. The molecule has 1 aromatic carbocycles. The molecule has 0 spiro atoms. The summed E-state index contributed by atoms with van der Waals surface area (Å²) in [4.78, 5) is 13.7. The molecule has 1 heterocycles. The molecule has 0 saturated carbocycles. The van der Waals surface area contributed by atoms with E-state index in [1.54, 1.807) is 36.2 Å². The second-order valence-corrected chi connectivity index (χ2v) is 5.72. The number of aromatic nitrogens is 2. The maximum atomic E-state index is 12.2. The van der Waals surface area contributed by atoms with Gasteiger partial charge in [0, 0.05) is 18.5 Å². The van der Waals surface area contributed by atoms with Crippen LogP contribution in [-0.2, 0) is 6.54 Å². The number of alkyl halides is 2. The quantitative estimate of drug-likeness (QED) is 0.853. The van der Waals surface area contributed by atoms with Gasteiger partial charge in [0.25, 0.3) is 11.3 Å². The van der Waals surface area contributed by atoms with Gasteiger partial charge < -0.3 is 4.90 Å².